The Balaban J connectivity index is 1.99. The van der Waals surface area contributed by atoms with Crippen molar-refractivity contribution in [2.45, 2.75) is 42.8 Å². The molecule has 0 aliphatic heterocycles. The number of aryl methyl sites for hydroxylation is 1. The number of rotatable bonds is 4. The van der Waals surface area contributed by atoms with Crippen molar-refractivity contribution in [1.82, 2.24) is 9.88 Å². The highest BCUT2D eigenvalue weighted by atomic mass is 79.9. The second-order valence-corrected chi connectivity index (χ2v) is 7.29. The average molecular weight is 323 g/mol. The van der Waals surface area contributed by atoms with Crippen LogP contribution in [0.5, 0.6) is 0 Å². The van der Waals surface area contributed by atoms with Crippen molar-refractivity contribution in [2.75, 3.05) is 0 Å². The number of sulfonamides is 1. The van der Waals surface area contributed by atoms with E-state index in [1.165, 1.54) is 0 Å². The van der Waals surface area contributed by atoms with Crippen LogP contribution in [0.4, 0.5) is 0 Å². The topological polar surface area (TPSA) is 72.2 Å². The first kappa shape index (κ1) is 13.0. The summed E-state index contributed by atoms with van der Waals surface area (Å²) in [6, 6.07) is 1.63. The van der Waals surface area contributed by atoms with Gasteiger partial charge in [0.1, 0.15) is 17.2 Å². The van der Waals surface area contributed by atoms with Gasteiger partial charge in [-0.1, -0.05) is 27.5 Å². The molecule has 2 rings (SSSR count). The third-order valence-corrected chi connectivity index (χ3v) is 5.21. The summed E-state index contributed by atoms with van der Waals surface area (Å²) in [6.45, 7) is 1.74. The SMILES string of the molecule is Cc1cc(CS(=O)(=O)NC2CCCC2Br)no1. The lowest BCUT2D eigenvalue weighted by Gasteiger charge is -2.15. The molecule has 0 amide bonds. The first-order valence-electron chi connectivity index (χ1n) is 5.52. The van der Waals surface area contributed by atoms with Gasteiger partial charge in [0.05, 0.1) is 0 Å². The summed E-state index contributed by atoms with van der Waals surface area (Å²) in [5, 5.41) is 3.69. The molecule has 0 bridgehead atoms. The van der Waals surface area contributed by atoms with Crippen molar-refractivity contribution in [1.29, 1.82) is 0 Å². The van der Waals surface area contributed by atoms with Crippen LogP contribution in [0.25, 0.3) is 0 Å². The van der Waals surface area contributed by atoms with Gasteiger partial charge in [0.2, 0.25) is 10.0 Å². The van der Waals surface area contributed by atoms with Gasteiger partial charge in [-0.25, -0.2) is 13.1 Å². The van der Waals surface area contributed by atoms with Crippen LogP contribution in [0.3, 0.4) is 0 Å². The first-order valence-corrected chi connectivity index (χ1v) is 8.09. The van der Waals surface area contributed by atoms with E-state index in [-0.39, 0.29) is 16.6 Å². The lowest BCUT2D eigenvalue weighted by molar-refractivity contribution is 0.392. The number of nitrogens with one attached hydrogen (secondary N) is 1. The molecule has 0 saturated heterocycles. The number of hydrogen-bond acceptors (Lipinski definition) is 4. The molecule has 1 aliphatic carbocycles. The smallest absolute Gasteiger partial charge is 0.217 e. The Labute approximate surface area is 109 Å². The third-order valence-electron chi connectivity index (χ3n) is 2.78. The number of hydrogen-bond donors (Lipinski definition) is 1. The van der Waals surface area contributed by atoms with E-state index >= 15 is 0 Å². The summed E-state index contributed by atoms with van der Waals surface area (Å²) >= 11 is 3.49. The van der Waals surface area contributed by atoms with E-state index in [1.807, 2.05) is 0 Å². The highest BCUT2D eigenvalue weighted by molar-refractivity contribution is 9.09. The molecular formula is C10H15BrN2O3S. The van der Waals surface area contributed by atoms with Crippen molar-refractivity contribution >= 4 is 26.0 Å². The van der Waals surface area contributed by atoms with Gasteiger partial charge < -0.3 is 4.52 Å². The van der Waals surface area contributed by atoms with E-state index < -0.39 is 10.0 Å². The number of aromatic nitrogens is 1. The van der Waals surface area contributed by atoms with Crippen LogP contribution in [-0.4, -0.2) is 24.4 Å². The molecule has 1 heterocycles. The highest BCUT2D eigenvalue weighted by Crippen LogP contribution is 2.26. The van der Waals surface area contributed by atoms with E-state index in [9.17, 15) is 8.42 Å². The number of nitrogens with zero attached hydrogens (tertiary/aromatic N) is 1. The van der Waals surface area contributed by atoms with Gasteiger partial charge in [-0.2, -0.15) is 0 Å². The third kappa shape index (κ3) is 3.53. The maximum absolute atomic E-state index is 11.9. The van der Waals surface area contributed by atoms with Gasteiger partial charge in [0.15, 0.2) is 0 Å². The molecule has 0 spiro atoms. The Morgan fingerprint density at radius 1 is 1.59 bits per heavy atom. The molecule has 1 aromatic rings. The van der Waals surface area contributed by atoms with Crippen molar-refractivity contribution in [3.8, 4) is 0 Å². The van der Waals surface area contributed by atoms with E-state index in [2.05, 4.69) is 25.8 Å². The summed E-state index contributed by atoms with van der Waals surface area (Å²) in [7, 11) is -3.34. The van der Waals surface area contributed by atoms with Crippen molar-refractivity contribution < 1.29 is 12.9 Å². The van der Waals surface area contributed by atoms with Crippen LogP contribution < -0.4 is 4.72 Å². The van der Waals surface area contributed by atoms with E-state index in [0.717, 1.165) is 19.3 Å². The molecule has 96 valence electrons. The fourth-order valence-corrected chi connectivity index (χ4v) is 4.25. The maximum Gasteiger partial charge on any atom is 0.217 e. The van der Waals surface area contributed by atoms with Crippen LogP contribution in [0.2, 0.25) is 0 Å². The van der Waals surface area contributed by atoms with Crippen LogP contribution >= 0.6 is 15.9 Å². The summed E-state index contributed by atoms with van der Waals surface area (Å²) in [5.74, 6) is 0.495. The van der Waals surface area contributed by atoms with Gasteiger partial charge in [-0.05, 0) is 19.8 Å². The van der Waals surface area contributed by atoms with E-state index in [4.69, 9.17) is 4.52 Å². The van der Waals surface area contributed by atoms with E-state index in [0.29, 0.717) is 11.5 Å². The quantitative estimate of drug-likeness (QED) is 0.857. The molecule has 0 aromatic carbocycles. The lowest BCUT2D eigenvalue weighted by Crippen LogP contribution is -2.38. The minimum atomic E-state index is -3.34. The summed E-state index contributed by atoms with van der Waals surface area (Å²) in [6.07, 6.45) is 2.94. The molecule has 1 saturated carbocycles. The second-order valence-electron chi connectivity index (χ2n) is 4.36. The zero-order valence-electron chi connectivity index (χ0n) is 9.52. The Hall–Kier alpha value is -0.400. The lowest BCUT2D eigenvalue weighted by atomic mass is 10.3. The molecule has 1 aliphatic rings. The summed E-state index contributed by atoms with van der Waals surface area (Å²) in [4.78, 5) is 0.233. The van der Waals surface area contributed by atoms with Gasteiger partial charge in [-0.15, -0.1) is 0 Å². The maximum atomic E-state index is 11.9. The normalized spacial score (nSPS) is 25.3. The predicted molar refractivity (Wildman–Crippen MR) is 67.4 cm³/mol. The fraction of sp³-hybridized carbons (Fsp3) is 0.700. The van der Waals surface area contributed by atoms with E-state index in [1.54, 1.807) is 13.0 Å². The Morgan fingerprint density at radius 3 is 2.88 bits per heavy atom. The van der Waals surface area contributed by atoms with Gasteiger partial charge in [0, 0.05) is 16.9 Å². The van der Waals surface area contributed by atoms with Gasteiger partial charge >= 0.3 is 0 Å². The Morgan fingerprint density at radius 2 is 2.35 bits per heavy atom. The molecule has 1 fully saturated rings. The van der Waals surface area contributed by atoms with Crippen molar-refractivity contribution in [3.63, 3.8) is 0 Å². The minimum Gasteiger partial charge on any atom is -0.361 e. The number of halogens is 1. The molecule has 0 radical (unpaired) electrons. The summed E-state index contributed by atoms with van der Waals surface area (Å²) < 4.78 is 31.4. The monoisotopic (exact) mass is 322 g/mol. The standard InChI is InChI=1S/C10H15BrN2O3S/c1-7-5-8(12-16-7)6-17(14,15)13-10-4-2-3-9(10)11/h5,9-10,13H,2-4,6H2,1H3. The van der Waals surface area contributed by atoms with Crippen molar-refractivity contribution in [3.05, 3.63) is 17.5 Å². The first-order chi connectivity index (χ1) is 7.96. The highest BCUT2D eigenvalue weighted by Gasteiger charge is 2.29. The van der Waals surface area contributed by atoms with Crippen LogP contribution in [-0.2, 0) is 15.8 Å². The number of alkyl halides is 1. The molecule has 1 aromatic heterocycles. The molecule has 2 unspecified atom stereocenters. The fourth-order valence-electron chi connectivity index (χ4n) is 2.00. The Bertz CT molecular complexity index is 485. The zero-order valence-corrected chi connectivity index (χ0v) is 11.9. The minimum absolute atomic E-state index is 0.00648. The average Bonchev–Trinajstić information content (AvgIpc) is 2.76. The van der Waals surface area contributed by atoms with Crippen LogP contribution in [0.1, 0.15) is 30.7 Å². The second kappa shape index (κ2) is 5.07. The van der Waals surface area contributed by atoms with Gasteiger partial charge in [-0.3, -0.25) is 0 Å². The van der Waals surface area contributed by atoms with Crippen LogP contribution in [0, 0.1) is 6.92 Å². The Kier molecular flexibility index (Phi) is 3.89. The molecular weight excluding hydrogens is 308 g/mol. The molecule has 1 N–H and O–H groups in total. The molecule has 7 heteroatoms. The largest absolute Gasteiger partial charge is 0.361 e. The molecule has 5 nitrogen and oxygen atoms in total. The predicted octanol–water partition coefficient (Wildman–Crippen LogP) is 1.72. The van der Waals surface area contributed by atoms with Gasteiger partial charge in [0.25, 0.3) is 0 Å². The van der Waals surface area contributed by atoms with Crippen LogP contribution in [0.15, 0.2) is 10.6 Å². The van der Waals surface area contributed by atoms with Crippen molar-refractivity contribution in [2.24, 2.45) is 0 Å². The zero-order chi connectivity index (χ0) is 12.5. The summed E-state index contributed by atoms with van der Waals surface area (Å²) in [5.41, 5.74) is 0.444. The molecule has 2 atom stereocenters. The molecule has 17 heavy (non-hydrogen) atoms.